The standard InChI is InChI=1S/C15H9FN4S/c16-21-14-4-1-9(7-18-14)12-3-2-10-11-8-17-6-5-13(11)20-15(10)19-12/h1-8H,(H,19,20). The van der Waals surface area contributed by atoms with Crippen LogP contribution in [0.1, 0.15) is 0 Å². The van der Waals surface area contributed by atoms with Crippen molar-refractivity contribution in [3.8, 4) is 11.3 Å². The minimum absolute atomic E-state index is 0.134. The summed E-state index contributed by atoms with van der Waals surface area (Å²) in [6, 6.07) is 9.32. The van der Waals surface area contributed by atoms with Gasteiger partial charge < -0.3 is 4.98 Å². The number of aromatic amines is 1. The lowest BCUT2D eigenvalue weighted by Gasteiger charge is -2.01. The fraction of sp³-hybridized carbons (Fsp3) is 0. The molecule has 21 heavy (non-hydrogen) atoms. The number of H-pyrrole nitrogens is 1. The molecule has 4 aromatic heterocycles. The third-order valence-corrected chi connectivity index (χ3v) is 3.77. The molecule has 0 fully saturated rings. The van der Waals surface area contributed by atoms with Crippen molar-refractivity contribution in [3.63, 3.8) is 0 Å². The minimum atomic E-state index is 0.134. The van der Waals surface area contributed by atoms with E-state index >= 15 is 0 Å². The average Bonchev–Trinajstić information content (AvgIpc) is 2.92. The fourth-order valence-corrected chi connectivity index (χ4v) is 2.57. The molecule has 0 amide bonds. The van der Waals surface area contributed by atoms with Gasteiger partial charge in [-0.15, -0.1) is 0 Å². The van der Waals surface area contributed by atoms with Gasteiger partial charge >= 0.3 is 0 Å². The summed E-state index contributed by atoms with van der Waals surface area (Å²) in [5, 5.41) is 2.43. The highest BCUT2D eigenvalue weighted by atomic mass is 32.2. The van der Waals surface area contributed by atoms with Gasteiger partial charge in [0.25, 0.3) is 0 Å². The highest BCUT2D eigenvalue weighted by molar-refractivity contribution is 7.94. The molecular weight excluding hydrogens is 287 g/mol. The zero-order chi connectivity index (χ0) is 14.2. The van der Waals surface area contributed by atoms with Gasteiger partial charge in [0, 0.05) is 34.9 Å². The molecule has 0 spiro atoms. The minimum Gasteiger partial charge on any atom is -0.339 e. The van der Waals surface area contributed by atoms with E-state index in [4.69, 9.17) is 0 Å². The van der Waals surface area contributed by atoms with E-state index in [1.807, 2.05) is 30.5 Å². The van der Waals surface area contributed by atoms with Crippen molar-refractivity contribution in [1.82, 2.24) is 19.9 Å². The molecule has 4 heterocycles. The van der Waals surface area contributed by atoms with Gasteiger partial charge in [-0.2, -0.15) is 3.89 Å². The molecule has 4 aromatic rings. The number of rotatable bonds is 2. The summed E-state index contributed by atoms with van der Waals surface area (Å²) in [6.45, 7) is 0. The largest absolute Gasteiger partial charge is 0.339 e. The number of hydrogen-bond donors (Lipinski definition) is 1. The third kappa shape index (κ3) is 2.04. The molecular formula is C15H9FN4S. The molecule has 0 aliphatic carbocycles. The molecule has 0 aromatic carbocycles. The molecule has 0 saturated heterocycles. The van der Waals surface area contributed by atoms with E-state index in [-0.39, 0.29) is 12.1 Å². The summed E-state index contributed by atoms with van der Waals surface area (Å²) in [6.07, 6.45) is 5.19. The van der Waals surface area contributed by atoms with Crippen molar-refractivity contribution < 1.29 is 3.89 Å². The average molecular weight is 296 g/mol. The predicted molar refractivity (Wildman–Crippen MR) is 81.6 cm³/mol. The topological polar surface area (TPSA) is 54.5 Å². The molecule has 4 nitrogen and oxygen atoms in total. The monoisotopic (exact) mass is 296 g/mol. The van der Waals surface area contributed by atoms with Gasteiger partial charge in [-0.3, -0.25) is 4.98 Å². The van der Waals surface area contributed by atoms with Gasteiger partial charge in [-0.25, -0.2) is 9.97 Å². The SMILES string of the molecule is FSc1ccc(-c2ccc3c(n2)[nH]c2ccncc23)cn1. The maximum absolute atomic E-state index is 12.4. The lowest BCUT2D eigenvalue weighted by atomic mass is 10.1. The molecule has 0 radical (unpaired) electrons. The zero-order valence-corrected chi connectivity index (χ0v) is 11.6. The molecule has 1 N–H and O–H groups in total. The third-order valence-electron chi connectivity index (χ3n) is 3.37. The summed E-state index contributed by atoms with van der Waals surface area (Å²) < 4.78 is 12.4. The van der Waals surface area contributed by atoms with Crippen molar-refractivity contribution in [2.75, 3.05) is 0 Å². The predicted octanol–water partition coefficient (Wildman–Crippen LogP) is 4.15. The van der Waals surface area contributed by atoms with Gasteiger partial charge in [0.15, 0.2) is 0 Å². The number of nitrogens with zero attached hydrogens (tertiary/aromatic N) is 3. The molecule has 6 heteroatoms. The summed E-state index contributed by atoms with van der Waals surface area (Å²) in [4.78, 5) is 16.1. The van der Waals surface area contributed by atoms with Crippen molar-refractivity contribution in [2.45, 2.75) is 5.03 Å². The Morgan fingerprint density at radius 1 is 1.00 bits per heavy atom. The number of fused-ring (bicyclic) bond motifs is 3. The quantitative estimate of drug-likeness (QED) is 0.603. The molecule has 0 bridgehead atoms. The van der Waals surface area contributed by atoms with E-state index in [0.29, 0.717) is 5.03 Å². The van der Waals surface area contributed by atoms with Crippen molar-refractivity contribution in [2.24, 2.45) is 0 Å². The van der Waals surface area contributed by atoms with Crippen LogP contribution in [0.15, 0.2) is 53.9 Å². The maximum atomic E-state index is 12.4. The second kappa shape index (κ2) is 4.82. The van der Waals surface area contributed by atoms with E-state index in [1.54, 1.807) is 18.5 Å². The number of nitrogens with one attached hydrogen (secondary N) is 1. The van der Waals surface area contributed by atoms with E-state index in [2.05, 4.69) is 19.9 Å². The molecule has 0 aliphatic rings. The smallest absolute Gasteiger partial charge is 0.139 e. The number of pyridine rings is 3. The first-order valence-corrected chi connectivity index (χ1v) is 7.04. The van der Waals surface area contributed by atoms with Crippen molar-refractivity contribution in [1.29, 1.82) is 0 Å². The van der Waals surface area contributed by atoms with Gasteiger partial charge in [-0.05, 0) is 30.3 Å². The Kier molecular flexibility index (Phi) is 2.82. The maximum Gasteiger partial charge on any atom is 0.139 e. The summed E-state index contributed by atoms with van der Waals surface area (Å²) in [7, 11) is 0. The van der Waals surface area contributed by atoms with Crippen LogP contribution in [0.25, 0.3) is 33.2 Å². The van der Waals surface area contributed by atoms with Crippen LogP contribution in [0, 0.1) is 0 Å². The first-order valence-electron chi connectivity index (χ1n) is 6.32. The van der Waals surface area contributed by atoms with E-state index < -0.39 is 0 Å². The fourth-order valence-electron chi connectivity index (χ4n) is 2.36. The van der Waals surface area contributed by atoms with E-state index in [1.165, 1.54) is 0 Å². The zero-order valence-electron chi connectivity index (χ0n) is 10.7. The van der Waals surface area contributed by atoms with Crippen molar-refractivity contribution in [3.05, 3.63) is 48.9 Å². The Balaban J connectivity index is 1.87. The van der Waals surface area contributed by atoms with Crippen LogP contribution < -0.4 is 0 Å². The second-order valence-electron chi connectivity index (χ2n) is 4.60. The van der Waals surface area contributed by atoms with Gasteiger partial charge in [-0.1, -0.05) is 0 Å². The van der Waals surface area contributed by atoms with Gasteiger partial charge in [0.1, 0.15) is 22.8 Å². The van der Waals surface area contributed by atoms with Gasteiger partial charge in [0.05, 0.1) is 11.2 Å². The molecule has 0 saturated carbocycles. The van der Waals surface area contributed by atoms with Crippen molar-refractivity contribution >= 4 is 34.1 Å². The Morgan fingerprint density at radius 3 is 2.76 bits per heavy atom. The molecule has 102 valence electrons. The van der Waals surface area contributed by atoms with Crippen LogP contribution in [0.2, 0.25) is 0 Å². The Labute approximate surface area is 123 Å². The lowest BCUT2D eigenvalue weighted by Crippen LogP contribution is -1.86. The van der Waals surface area contributed by atoms with Crippen LogP contribution in [0.4, 0.5) is 3.89 Å². The molecule has 0 atom stereocenters. The number of aromatic nitrogens is 4. The normalized spacial score (nSPS) is 11.3. The highest BCUT2D eigenvalue weighted by Crippen LogP contribution is 2.27. The number of hydrogen-bond acceptors (Lipinski definition) is 4. The number of halogens is 1. The van der Waals surface area contributed by atoms with Crippen LogP contribution in [-0.4, -0.2) is 19.9 Å². The van der Waals surface area contributed by atoms with E-state index in [9.17, 15) is 3.89 Å². The Hall–Kier alpha value is -2.47. The Morgan fingerprint density at radius 2 is 1.95 bits per heavy atom. The first kappa shape index (κ1) is 12.3. The summed E-state index contributed by atoms with van der Waals surface area (Å²) in [5.41, 5.74) is 3.46. The lowest BCUT2D eigenvalue weighted by molar-refractivity contribution is 0.919. The Bertz CT molecular complexity index is 933. The van der Waals surface area contributed by atoms with Crippen LogP contribution in [0.3, 0.4) is 0 Å². The summed E-state index contributed by atoms with van der Waals surface area (Å²) >= 11 is 0.134. The summed E-state index contributed by atoms with van der Waals surface area (Å²) in [5.74, 6) is 0. The van der Waals surface area contributed by atoms with Crippen LogP contribution in [0.5, 0.6) is 0 Å². The molecule has 0 aliphatic heterocycles. The highest BCUT2D eigenvalue weighted by Gasteiger charge is 2.07. The molecule has 4 rings (SSSR count). The molecule has 0 unspecified atom stereocenters. The van der Waals surface area contributed by atoms with Crippen LogP contribution >= 0.6 is 12.1 Å². The second-order valence-corrected chi connectivity index (χ2v) is 5.17. The first-order chi connectivity index (χ1) is 10.3. The van der Waals surface area contributed by atoms with E-state index in [0.717, 1.165) is 33.2 Å². The van der Waals surface area contributed by atoms with Gasteiger partial charge in [0.2, 0.25) is 0 Å². The van der Waals surface area contributed by atoms with Crippen LogP contribution in [-0.2, 0) is 0 Å².